The molecule has 3 aromatic carbocycles. The summed E-state index contributed by atoms with van der Waals surface area (Å²) in [5.74, 6) is -1.02. The lowest BCUT2D eigenvalue weighted by Gasteiger charge is -2.38. The number of benzene rings is 3. The number of carboxylic acid groups (broad SMARTS) is 1. The molecule has 0 aliphatic carbocycles. The molecule has 3 aromatic rings. The van der Waals surface area contributed by atoms with Crippen LogP contribution in [0.2, 0.25) is 0 Å². The van der Waals surface area contributed by atoms with Crippen molar-refractivity contribution in [3.05, 3.63) is 95.1 Å². The first-order valence-electron chi connectivity index (χ1n) is 9.66. The number of nitrogens with one attached hydrogen (secondary N) is 1. The number of amides is 1. The molecule has 1 N–H and O–H groups in total. The molecule has 1 aliphatic rings. The number of hydrogen-bond donors (Lipinski definition) is 1. The summed E-state index contributed by atoms with van der Waals surface area (Å²) in [6, 6.07) is 22.5. The van der Waals surface area contributed by atoms with Crippen LogP contribution in [0.15, 0.2) is 72.8 Å². The van der Waals surface area contributed by atoms with Crippen LogP contribution < -0.4 is 15.2 Å². The van der Waals surface area contributed by atoms with E-state index in [1.54, 1.807) is 23.1 Å². The van der Waals surface area contributed by atoms with E-state index in [1.807, 2.05) is 61.5 Å². The van der Waals surface area contributed by atoms with Gasteiger partial charge in [-0.3, -0.25) is 4.79 Å². The van der Waals surface area contributed by atoms with Crippen LogP contribution in [0.5, 0.6) is 5.75 Å². The zero-order valence-corrected chi connectivity index (χ0v) is 16.5. The Morgan fingerprint density at radius 2 is 1.73 bits per heavy atom. The summed E-state index contributed by atoms with van der Waals surface area (Å²) in [4.78, 5) is 26.0. The summed E-state index contributed by atoms with van der Waals surface area (Å²) < 4.78 is 5.45. The molecule has 0 radical (unpaired) electrons. The normalized spacial score (nSPS) is 15.3. The van der Waals surface area contributed by atoms with Crippen LogP contribution in [0.1, 0.15) is 33.2 Å². The van der Waals surface area contributed by atoms with E-state index in [9.17, 15) is 14.7 Å². The molecule has 0 saturated heterocycles. The summed E-state index contributed by atoms with van der Waals surface area (Å²) in [7, 11) is 0. The molecule has 6 heteroatoms. The zero-order chi connectivity index (χ0) is 21.1. The molecule has 0 spiro atoms. The Hall–Kier alpha value is -3.80. The first kappa shape index (κ1) is 19.5. The van der Waals surface area contributed by atoms with Crippen molar-refractivity contribution in [1.82, 2.24) is 4.90 Å². The van der Waals surface area contributed by atoms with Crippen molar-refractivity contribution in [3.8, 4) is 5.75 Å². The number of nitrogens with zero attached hydrogens (tertiary/aromatic N) is 1. The highest BCUT2D eigenvalue weighted by Gasteiger charge is 2.34. The van der Waals surface area contributed by atoms with Gasteiger partial charge in [0.1, 0.15) is 18.5 Å². The standard InChI is InChI=1S/C24H22N2O4/c1-16-10-12-17(13-11-16)14-26-23(25-20-8-4-2-6-18(20)24(26)29)19-7-3-5-9-21(19)30-15-22(27)28/h2-13,23,25H,14-15H2,1H3,(H,27,28)/p-1/t23-/m1/s1. The van der Waals surface area contributed by atoms with E-state index in [1.165, 1.54) is 0 Å². The topological polar surface area (TPSA) is 81.7 Å². The van der Waals surface area contributed by atoms with Gasteiger partial charge in [0.25, 0.3) is 5.91 Å². The van der Waals surface area contributed by atoms with E-state index in [0.717, 1.165) is 16.8 Å². The van der Waals surface area contributed by atoms with E-state index >= 15 is 0 Å². The molecule has 1 heterocycles. The summed E-state index contributed by atoms with van der Waals surface area (Å²) >= 11 is 0. The van der Waals surface area contributed by atoms with Crippen LogP contribution in [0.4, 0.5) is 5.69 Å². The molecule has 0 aromatic heterocycles. The van der Waals surface area contributed by atoms with Gasteiger partial charge < -0.3 is 24.9 Å². The number of carboxylic acids is 1. The van der Waals surface area contributed by atoms with E-state index in [-0.39, 0.29) is 5.91 Å². The summed E-state index contributed by atoms with van der Waals surface area (Å²) in [6.45, 7) is 1.84. The summed E-state index contributed by atoms with van der Waals surface area (Å²) in [5.41, 5.74) is 4.13. The first-order valence-corrected chi connectivity index (χ1v) is 9.66. The van der Waals surface area contributed by atoms with Crippen LogP contribution in [-0.2, 0) is 11.3 Å². The van der Waals surface area contributed by atoms with Crippen molar-refractivity contribution in [1.29, 1.82) is 0 Å². The van der Waals surface area contributed by atoms with Crippen molar-refractivity contribution in [2.24, 2.45) is 0 Å². The van der Waals surface area contributed by atoms with Gasteiger partial charge in [-0.15, -0.1) is 0 Å². The average Bonchev–Trinajstić information content (AvgIpc) is 2.76. The number of aryl methyl sites for hydroxylation is 1. The molecule has 6 nitrogen and oxygen atoms in total. The van der Waals surface area contributed by atoms with Gasteiger partial charge in [-0.2, -0.15) is 0 Å². The molecule has 0 saturated carbocycles. The van der Waals surface area contributed by atoms with Gasteiger partial charge in [0.15, 0.2) is 0 Å². The van der Waals surface area contributed by atoms with Crippen LogP contribution >= 0.6 is 0 Å². The number of anilines is 1. The second-order valence-corrected chi connectivity index (χ2v) is 7.21. The number of rotatable bonds is 6. The fourth-order valence-electron chi connectivity index (χ4n) is 3.57. The third-order valence-electron chi connectivity index (χ3n) is 5.05. The van der Waals surface area contributed by atoms with E-state index in [2.05, 4.69) is 5.32 Å². The smallest absolute Gasteiger partial charge is 0.258 e. The molecule has 152 valence electrons. The average molecular weight is 401 g/mol. The molecule has 1 atom stereocenters. The number of aliphatic carboxylic acids is 1. The van der Waals surface area contributed by atoms with Crippen LogP contribution in [0.25, 0.3) is 0 Å². The van der Waals surface area contributed by atoms with Gasteiger partial charge in [0.05, 0.1) is 11.5 Å². The second-order valence-electron chi connectivity index (χ2n) is 7.21. The third-order valence-corrected chi connectivity index (χ3v) is 5.05. The Balaban J connectivity index is 1.74. The monoisotopic (exact) mass is 401 g/mol. The first-order chi connectivity index (χ1) is 14.5. The Bertz CT molecular complexity index is 1080. The Morgan fingerprint density at radius 1 is 1.03 bits per heavy atom. The third kappa shape index (κ3) is 3.98. The Labute approximate surface area is 174 Å². The van der Waals surface area contributed by atoms with Crippen LogP contribution in [0.3, 0.4) is 0 Å². The highest BCUT2D eigenvalue weighted by Crippen LogP contribution is 2.37. The molecule has 1 amide bonds. The van der Waals surface area contributed by atoms with Gasteiger partial charge in [0.2, 0.25) is 0 Å². The highest BCUT2D eigenvalue weighted by atomic mass is 16.5. The molecular weight excluding hydrogens is 380 g/mol. The molecule has 30 heavy (non-hydrogen) atoms. The number of fused-ring (bicyclic) bond motifs is 1. The maximum atomic E-state index is 13.4. The lowest BCUT2D eigenvalue weighted by molar-refractivity contribution is -0.307. The highest BCUT2D eigenvalue weighted by molar-refractivity contribution is 6.01. The molecular formula is C24H21N2O4-. The number of ether oxygens (including phenoxy) is 1. The summed E-state index contributed by atoms with van der Waals surface area (Å²) in [5, 5.41) is 14.3. The van der Waals surface area contributed by atoms with Gasteiger partial charge in [-0.25, -0.2) is 0 Å². The summed E-state index contributed by atoms with van der Waals surface area (Å²) in [6.07, 6.45) is -0.522. The Morgan fingerprint density at radius 3 is 2.50 bits per heavy atom. The lowest BCUT2D eigenvalue weighted by Crippen LogP contribution is -2.42. The molecule has 0 fully saturated rings. The minimum absolute atomic E-state index is 0.107. The maximum Gasteiger partial charge on any atom is 0.258 e. The van der Waals surface area contributed by atoms with E-state index < -0.39 is 18.7 Å². The quantitative estimate of drug-likeness (QED) is 0.687. The van der Waals surface area contributed by atoms with Gasteiger partial charge >= 0.3 is 0 Å². The van der Waals surface area contributed by atoms with Gasteiger partial charge in [-0.05, 0) is 30.7 Å². The van der Waals surface area contributed by atoms with Crippen molar-refractivity contribution in [2.45, 2.75) is 19.6 Å². The van der Waals surface area contributed by atoms with Crippen molar-refractivity contribution in [2.75, 3.05) is 11.9 Å². The molecule has 0 unspecified atom stereocenters. The van der Waals surface area contributed by atoms with Crippen molar-refractivity contribution in [3.63, 3.8) is 0 Å². The SMILES string of the molecule is Cc1ccc(CN2C(=O)c3ccccc3N[C@H]2c2ccccc2OCC(=O)[O-])cc1. The van der Waals surface area contributed by atoms with Crippen LogP contribution in [-0.4, -0.2) is 23.4 Å². The molecule has 1 aliphatic heterocycles. The maximum absolute atomic E-state index is 13.4. The molecule has 0 bridgehead atoms. The zero-order valence-electron chi connectivity index (χ0n) is 16.5. The van der Waals surface area contributed by atoms with E-state index in [4.69, 9.17) is 4.74 Å². The minimum Gasteiger partial charge on any atom is -0.546 e. The number of carbonyl (C=O) groups excluding carboxylic acids is 2. The lowest BCUT2D eigenvalue weighted by atomic mass is 10.0. The van der Waals surface area contributed by atoms with Gasteiger partial charge in [-0.1, -0.05) is 60.2 Å². The predicted molar refractivity (Wildman–Crippen MR) is 111 cm³/mol. The number of hydrogen-bond acceptors (Lipinski definition) is 5. The second kappa shape index (κ2) is 8.29. The van der Waals surface area contributed by atoms with E-state index in [0.29, 0.717) is 23.4 Å². The van der Waals surface area contributed by atoms with Crippen molar-refractivity contribution >= 4 is 17.6 Å². The van der Waals surface area contributed by atoms with Gasteiger partial charge in [0, 0.05) is 17.8 Å². The minimum atomic E-state index is -1.31. The largest absolute Gasteiger partial charge is 0.546 e. The fraction of sp³-hybridized carbons (Fsp3) is 0.167. The fourth-order valence-corrected chi connectivity index (χ4v) is 3.57. The van der Waals surface area contributed by atoms with Crippen LogP contribution in [0, 0.1) is 6.92 Å². The van der Waals surface area contributed by atoms with Crippen molar-refractivity contribution < 1.29 is 19.4 Å². The number of carbonyl (C=O) groups is 2. The Kier molecular flexibility index (Phi) is 5.39. The molecule has 4 rings (SSSR count). The predicted octanol–water partition coefficient (Wildman–Crippen LogP) is 2.89. The number of para-hydroxylation sites is 2.